The number of aliphatic hydroxyl groups excluding tert-OH is 1. The smallest absolute Gasteiger partial charge is 0.550 e. The third kappa shape index (κ3) is 13.4. The molecule has 0 bridgehead atoms. The summed E-state index contributed by atoms with van der Waals surface area (Å²) in [4.78, 5) is 9.83. The van der Waals surface area contributed by atoms with Gasteiger partial charge in [-0.1, -0.05) is 0 Å². The fraction of sp³-hybridized carbons (Fsp3) is 0.833. The molecule has 0 fully saturated rings. The van der Waals surface area contributed by atoms with Crippen LogP contribution in [0, 0.1) is 0 Å². The maximum atomic E-state index is 9.83. The van der Waals surface area contributed by atoms with E-state index in [0.717, 1.165) is 0 Å². The Bertz CT molecular complexity index is 99.8. The van der Waals surface area contributed by atoms with Gasteiger partial charge in [-0.15, -0.1) is 0 Å². The van der Waals surface area contributed by atoms with Gasteiger partial charge in [-0.25, -0.2) is 0 Å². The number of carboxylic acids is 1. The molecule has 0 aromatic carbocycles. The Kier molecular flexibility index (Phi) is 13.2. The van der Waals surface area contributed by atoms with Gasteiger partial charge in [0.2, 0.25) is 0 Å². The standard InChI is InChI=1S/C6H13NO3.Na/c8-5-1-3-7-4-2-6(9)10;/h7-8H,1-5H2,(H,9,10);/q;+1/p-1. The van der Waals surface area contributed by atoms with Crippen LogP contribution in [0.5, 0.6) is 0 Å². The summed E-state index contributed by atoms with van der Waals surface area (Å²) in [6.45, 7) is 1.21. The number of hydrogen-bond donors (Lipinski definition) is 2. The number of hydrogen-bond acceptors (Lipinski definition) is 4. The zero-order valence-electron chi connectivity index (χ0n) is 6.80. The molecule has 0 aromatic heterocycles. The molecule has 0 atom stereocenters. The van der Waals surface area contributed by atoms with Crippen molar-refractivity contribution in [3.8, 4) is 0 Å². The van der Waals surface area contributed by atoms with Crippen molar-refractivity contribution in [2.45, 2.75) is 12.8 Å². The average Bonchev–Trinajstić information content (AvgIpc) is 1.87. The fourth-order valence-electron chi connectivity index (χ4n) is 0.520. The van der Waals surface area contributed by atoms with Gasteiger partial charge in [-0.05, 0) is 19.4 Å². The summed E-state index contributed by atoms with van der Waals surface area (Å²) in [5.41, 5.74) is 0. The molecule has 60 valence electrons. The van der Waals surface area contributed by atoms with Crippen molar-refractivity contribution >= 4 is 5.97 Å². The molecular weight excluding hydrogens is 157 g/mol. The van der Waals surface area contributed by atoms with Gasteiger partial charge in [0.15, 0.2) is 0 Å². The van der Waals surface area contributed by atoms with E-state index in [0.29, 0.717) is 19.5 Å². The summed E-state index contributed by atoms with van der Waals surface area (Å²) in [6, 6.07) is 0. The van der Waals surface area contributed by atoms with E-state index in [9.17, 15) is 9.90 Å². The molecule has 0 heterocycles. The number of aliphatic carboxylic acids is 1. The van der Waals surface area contributed by atoms with E-state index in [1.54, 1.807) is 0 Å². The molecule has 5 heteroatoms. The molecule has 2 N–H and O–H groups in total. The van der Waals surface area contributed by atoms with Crippen molar-refractivity contribution in [1.82, 2.24) is 5.32 Å². The predicted molar refractivity (Wildman–Crippen MR) is 34.2 cm³/mol. The van der Waals surface area contributed by atoms with Crippen LogP contribution in [0.1, 0.15) is 12.8 Å². The minimum absolute atomic E-state index is 0. The van der Waals surface area contributed by atoms with Crippen LogP contribution in [0.2, 0.25) is 0 Å². The molecule has 0 unspecified atom stereocenters. The van der Waals surface area contributed by atoms with Crippen molar-refractivity contribution in [1.29, 1.82) is 0 Å². The van der Waals surface area contributed by atoms with Gasteiger partial charge in [-0.3, -0.25) is 0 Å². The first-order valence-corrected chi connectivity index (χ1v) is 3.29. The molecule has 0 amide bonds. The molecule has 11 heavy (non-hydrogen) atoms. The van der Waals surface area contributed by atoms with E-state index < -0.39 is 5.97 Å². The number of rotatable bonds is 6. The van der Waals surface area contributed by atoms with Gasteiger partial charge in [0.25, 0.3) is 0 Å². The van der Waals surface area contributed by atoms with Crippen LogP contribution in [0.15, 0.2) is 0 Å². The third-order valence-corrected chi connectivity index (χ3v) is 1.02. The summed E-state index contributed by atoms with van der Waals surface area (Å²) >= 11 is 0. The van der Waals surface area contributed by atoms with Gasteiger partial charge >= 0.3 is 29.6 Å². The van der Waals surface area contributed by atoms with Crippen LogP contribution in [0.25, 0.3) is 0 Å². The van der Waals surface area contributed by atoms with Gasteiger partial charge in [-0.2, -0.15) is 0 Å². The molecule has 0 spiro atoms. The summed E-state index contributed by atoms with van der Waals surface area (Å²) in [6.07, 6.45) is 0.693. The number of aliphatic hydroxyl groups is 1. The number of carboxylic acid groups (broad SMARTS) is 1. The van der Waals surface area contributed by atoms with Gasteiger partial charge < -0.3 is 20.3 Å². The first-order chi connectivity index (χ1) is 4.77. The maximum absolute atomic E-state index is 9.83. The molecule has 4 nitrogen and oxygen atoms in total. The molecule has 0 aliphatic rings. The molecular formula is C6H12NNaO3. The van der Waals surface area contributed by atoms with Crippen molar-refractivity contribution in [2.75, 3.05) is 19.7 Å². The van der Waals surface area contributed by atoms with Gasteiger partial charge in [0.05, 0.1) is 0 Å². The van der Waals surface area contributed by atoms with E-state index in [-0.39, 0.29) is 42.6 Å². The molecule has 0 aromatic rings. The second kappa shape index (κ2) is 10.4. The Morgan fingerprint density at radius 1 is 1.45 bits per heavy atom. The number of carbonyl (C=O) groups excluding carboxylic acids is 1. The first kappa shape index (κ1) is 13.9. The monoisotopic (exact) mass is 169 g/mol. The van der Waals surface area contributed by atoms with Crippen LogP contribution in [-0.2, 0) is 4.79 Å². The quantitative estimate of drug-likeness (QED) is 0.309. The predicted octanol–water partition coefficient (Wildman–Crippen LogP) is -4.90. The summed E-state index contributed by atoms with van der Waals surface area (Å²) < 4.78 is 0. The first-order valence-electron chi connectivity index (χ1n) is 3.29. The van der Waals surface area contributed by atoms with Crippen LogP contribution >= 0.6 is 0 Å². The maximum Gasteiger partial charge on any atom is 1.00 e. The Hall–Kier alpha value is 0.390. The molecule has 0 aliphatic carbocycles. The average molecular weight is 169 g/mol. The van der Waals surface area contributed by atoms with Gasteiger partial charge in [0.1, 0.15) is 0 Å². The van der Waals surface area contributed by atoms with Crippen LogP contribution < -0.4 is 40.0 Å². The topological polar surface area (TPSA) is 72.4 Å². The number of carbonyl (C=O) groups is 1. The van der Waals surface area contributed by atoms with Crippen molar-refractivity contribution < 1.29 is 44.6 Å². The Morgan fingerprint density at radius 2 is 2.09 bits per heavy atom. The normalized spacial score (nSPS) is 8.82. The van der Waals surface area contributed by atoms with Crippen LogP contribution in [-0.4, -0.2) is 30.8 Å². The summed E-state index contributed by atoms with van der Waals surface area (Å²) in [5.74, 6) is -1.04. The molecule has 0 aliphatic heterocycles. The molecule has 0 rings (SSSR count). The Labute approximate surface area is 88.3 Å². The van der Waals surface area contributed by atoms with E-state index in [1.165, 1.54) is 0 Å². The minimum atomic E-state index is -1.04. The SMILES string of the molecule is O=C([O-])CCNCCCO.[Na+]. The second-order valence-electron chi connectivity index (χ2n) is 1.95. The van der Waals surface area contributed by atoms with Crippen molar-refractivity contribution in [2.24, 2.45) is 0 Å². The Morgan fingerprint density at radius 3 is 2.55 bits per heavy atom. The molecule has 0 saturated heterocycles. The fourth-order valence-corrected chi connectivity index (χ4v) is 0.520. The zero-order chi connectivity index (χ0) is 7.82. The van der Waals surface area contributed by atoms with Crippen molar-refractivity contribution in [3.63, 3.8) is 0 Å². The van der Waals surface area contributed by atoms with Crippen LogP contribution in [0.4, 0.5) is 0 Å². The number of nitrogens with one attached hydrogen (secondary N) is 1. The van der Waals surface area contributed by atoms with Crippen LogP contribution in [0.3, 0.4) is 0 Å². The Balaban J connectivity index is 0. The van der Waals surface area contributed by atoms with Gasteiger partial charge in [0, 0.05) is 19.1 Å². The molecule has 0 radical (unpaired) electrons. The molecule has 0 saturated carbocycles. The minimum Gasteiger partial charge on any atom is -0.550 e. The van der Waals surface area contributed by atoms with Crippen molar-refractivity contribution in [3.05, 3.63) is 0 Å². The van der Waals surface area contributed by atoms with E-state index in [4.69, 9.17) is 5.11 Å². The van der Waals surface area contributed by atoms with E-state index in [2.05, 4.69) is 5.32 Å². The largest absolute Gasteiger partial charge is 1.00 e. The third-order valence-electron chi connectivity index (χ3n) is 1.02. The summed E-state index contributed by atoms with van der Waals surface area (Å²) in [7, 11) is 0. The zero-order valence-corrected chi connectivity index (χ0v) is 8.80. The second-order valence-corrected chi connectivity index (χ2v) is 1.95. The van der Waals surface area contributed by atoms with E-state index >= 15 is 0 Å². The van der Waals surface area contributed by atoms with E-state index in [1.807, 2.05) is 0 Å². The summed E-state index contributed by atoms with van der Waals surface area (Å²) in [5, 5.41) is 21.0.